The topological polar surface area (TPSA) is 17.8 Å². The second-order valence-electron chi connectivity index (χ2n) is 2.93. The summed E-state index contributed by atoms with van der Waals surface area (Å²) in [4.78, 5) is 4.26. The molecule has 0 N–H and O–H groups in total. The third kappa shape index (κ3) is 1.12. The van der Waals surface area contributed by atoms with Crippen LogP contribution in [0.3, 0.4) is 0 Å². The van der Waals surface area contributed by atoms with Crippen LogP contribution in [0.15, 0.2) is 18.5 Å². The second-order valence-corrected chi connectivity index (χ2v) is 4.09. The minimum atomic E-state index is 1.08. The predicted octanol–water partition coefficient (Wildman–Crippen LogP) is 2.49. The summed E-state index contributed by atoms with van der Waals surface area (Å²) in [5.74, 6) is 0. The molecule has 2 rings (SSSR count). The smallest absolute Gasteiger partial charge is 0.0675 e. The Balaban J connectivity index is 2.90. The van der Waals surface area contributed by atoms with Gasteiger partial charge in [0.25, 0.3) is 0 Å². The van der Waals surface area contributed by atoms with Crippen molar-refractivity contribution in [3.63, 3.8) is 0 Å². The molecule has 0 saturated carbocycles. The highest BCUT2D eigenvalue weighted by Crippen LogP contribution is 2.21. The maximum atomic E-state index is 4.26. The zero-order valence-corrected chi connectivity index (χ0v) is 9.16. The van der Waals surface area contributed by atoms with Crippen LogP contribution in [0.4, 0.5) is 0 Å². The average molecular weight is 272 g/mol. The molecule has 0 aromatic carbocycles. The number of rotatable bonds is 0. The van der Waals surface area contributed by atoms with Crippen molar-refractivity contribution in [1.29, 1.82) is 0 Å². The molecule has 0 aliphatic heterocycles. The van der Waals surface area contributed by atoms with Gasteiger partial charge in [0, 0.05) is 27.9 Å². The van der Waals surface area contributed by atoms with Crippen molar-refractivity contribution in [2.45, 2.75) is 6.92 Å². The van der Waals surface area contributed by atoms with Gasteiger partial charge in [-0.15, -0.1) is 0 Å². The number of nitrogens with zero attached hydrogens (tertiary/aromatic N) is 2. The fourth-order valence-corrected chi connectivity index (χ4v) is 2.18. The molecule has 2 nitrogen and oxygen atoms in total. The Morgan fingerprint density at radius 2 is 2.25 bits per heavy atom. The molecule has 0 atom stereocenters. The first-order chi connectivity index (χ1) is 5.68. The first-order valence-corrected chi connectivity index (χ1v) is 4.83. The van der Waals surface area contributed by atoms with Crippen LogP contribution < -0.4 is 0 Å². The number of halogens is 1. The van der Waals surface area contributed by atoms with Crippen molar-refractivity contribution in [2.75, 3.05) is 0 Å². The van der Waals surface area contributed by atoms with E-state index in [0.717, 1.165) is 5.69 Å². The third-order valence-electron chi connectivity index (χ3n) is 1.96. The third-order valence-corrected chi connectivity index (χ3v) is 2.82. The summed E-state index contributed by atoms with van der Waals surface area (Å²) in [5, 5.41) is 1.30. The van der Waals surface area contributed by atoms with E-state index in [-0.39, 0.29) is 0 Å². The summed E-state index contributed by atoms with van der Waals surface area (Å²) in [6.45, 7) is 2.02. The Kier molecular flexibility index (Phi) is 1.83. The molecule has 2 heterocycles. The Bertz CT molecular complexity index is 431. The van der Waals surface area contributed by atoms with E-state index in [9.17, 15) is 0 Å². The van der Waals surface area contributed by atoms with Crippen LogP contribution in [-0.4, -0.2) is 9.55 Å². The van der Waals surface area contributed by atoms with Crippen molar-refractivity contribution in [3.05, 3.63) is 27.7 Å². The van der Waals surface area contributed by atoms with E-state index >= 15 is 0 Å². The number of hydrogen-bond acceptors (Lipinski definition) is 1. The molecule has 0 aliphatic carbocycles. The summed E-state index contributed by atoms with van der Waals surface area (Å²) in [6, 6.07) is 2.12. The Morgan fingerprint density at radius 1 is 1.50 bits per heavy atom. The molecule has 3 heteroatoms. The summed E-state index contributed by atoms with van der Waals surface area (Å²) in [5.41, 5.74) is 2.27. The number of pyridine rings is 1. The van der Waals surface area contributed by atoms with Crippen molar-refractivity contribution >= 4 is 33.5 Å². The van der Waals surface area contributed by atoms with E-state index in [1.54, 1.807) is 0 Å². The standard InChI is InChI=1S/C9H9IN2/c1-6-3-7-8(10)5-12(2)9(7)4-11-6/h3-5H,1-2H3. The summed E-state index contributed by atoms with van der Waals surface area (Å²) in [7, 11) is 2.04. The van der Waals surface area contributed by atoms with Crippen LogP contribution in [-0.2, 0) is 7.05 Å². The van der Waals surface area contributed by atoms with Gasteiger partial charge in [0.1, 0.15) is 0 Å². The van der Waals surface area contributed by atoms with Gasteiger partial charge in [-0.05, 0) is 35.6 Å². The lowest BCUT2D eigenvalue weighted by Gasteiger charge is -1.95. The fraction of sp³-hybridized carbons (Fsp3) is 0.222. The second kappa shape index (κ2) is 2.73. The number of aromatic nitrogens is 2. The van der Waals surface area contributed by atoms with Crippen molar-refractivity contribution in [1.82, 2.24) is 9.55 Å². The van der Waals surface area contributed by atoms with Crippen LogP contribution >= 0.6 is 22.6 Å². The maximum absolute atomic E-state index is 4.26. The molecule has 0 aliphatic rings. The SMILES string of the molecule is Cc1cc2c(I)cn(C)c2cn1. The zero-order valence-electron chi connectivity index (χ0n) is 7.00. The highest BCUT2D eigenvalue weighted by atomic mass is 127. The number of aryl methyl sites for hydroxylation is 2. The summed E-state index contributed by atoms with van der Waals surface area (Å²) in [6.07, 6.45) is 4.04. The normalized spacial score (nSPS) is 10.9. The summed E-state index contributed by atoms with van der Waals surface area (Å²) < 4.78 is 3.39. The molecule has 12 heavy (non-hydrogen) atoms. The van der Waals surface area contributed by atoms with Gasteiger partial charge in [-0.1, -0.05) is 0 Å². The van der Waals surface area contributed by atoms with Crippen LogP contribution in [0.1, 0.15) is 5.69 Å². The molecule has 0 bridgehead atoms. The largest absolute Gasteiger partial charge is 0.348 e. The molecular formula is C9H9IN2. The molecule has 0 amide bonds. The Labute approximate surface area is 84.7 Å². The highest BCUT2D eigenvalue weighted by molar-refractivity contribution is 14.1. The lowest BCUT2D eigenvalue weighted by molar-refractivity contribution is 0.961. The highest BCUT2D eigenvalue weighted by Gasteiger charge is 2.03. The molecule has 0 unspecified atom stereocenters. The minimum Gasteiger partial charge on any atom is -0.348 e. The molecule has 0 spiro atoms. The van der Waals surface area contributed by atoms with Crippen LogP contribution in [0, 0.1) is 10.5 Å². The molecule has 0 fully saturated rings. The van der Waals surface area contributed by atoms with E-state index in [0.29, 0.717) is 0 Å². The van der Waals surface area contributed by atoms with E-state index in [1.807, 2.05) is 20.2 Å². The fourth-order valence-electron chi connectivity index (χ4n) is 1.33. The minimum absolute atomic E-state index is 1.08. The first-order valence-electron chi connectivity index (χ1n) is 3.75. The molecular weight excluding hydrogens is 263 g/mol. The van der Waals surface area contributed by atoms with E-state index in [2.05, 4.69) is 44.4 Å². The van der Waals surface area contributed by atoms with Crippen LogP contribution in [0.5, 0.6) is 0 Å². The Morgan fingerprint density at radius 3 is 3.00 bits per heavy atom. The van der Waals surface area contributed by atoms with Crippen LogP contribution in [0.25, 0.3) is 10.9 Å². The molecule has 0 radical (unpaired) electrons. The molecule has 62 valence electrons. The van der Waals surface area contributed by atoms with E-state index in [1.165, 1.54) is 14.5 Å². The van der Waals surface area contributed by atoms with Gasteiger partial charge in [-0.25, -0.2) is 0 Å². The average Bonchev–Trinajstić information content (AvgIpc) is 2.28. The van der Waals surface area contributed by atoms with Gasteiger partial charge in [0.05, 0.1) is 11.7 Å². The zero-order chi connectivity index (χ0) is 8.72. The quantitative estimate of drug-likeness (QED) is 0.674. The molecule has 0 saturated heterocycles. The van der Waals surface area contributed by atoms with E-state index in [4.69, 9.17) is 0 Å². The van der Waals surface area contributed by atoms with Crippen molar-refractivity contribution in [3.8, 4) is 0 Å². The van der Waals surface area contributed by atoms with E-state index < -0.39 is 0 Å². The summed E-state index contributed by atoms with van der Waals surface area (Å²) >= 11 is 2.35. The lowest BCUT2D eigenvalue weighted by Crippen LogP contribution is -1.85. The first kappa shape index (κ1) is 8.04. The lowest BCUT2D eigenvalue weighted by atomic mass is 10.3. The van der Waals surface area contributed by atoms with Crippen molar-refractivity contribution in [2.24, 2.45) is 7.05 Å². The monoisotopic (exact) mass is 272 g/mol. The number of fused-ring (bicyclic) bond motifs is 1. The Hall–Kier alpha value is -0.580. The van der Waals surface area contributed by atoms with Gasteiger partial charge >= 0.3 is 0 Å². The van der Waals surface area contributed by atoms with Gasteiger partial charge in [-0.3, -0.25) is 4.98 Å². The number of hydrogen-bond donors (Lipinski definition) is 0. The van der Waals surface area contributed by atoms with Gasteiger partial charge in [0.15, 0.2) is 0 Å². The predicted molar refractivity (Wildman–Crippen MR) is 58.2 cm³/mol. The van der Waals surface area contributed by atoms with Crippen molar-refractivity contribution < 1.29 is 0 Å². The van der Waals surface area contributed by atoms with Gasteiger partial charge < -0.3 is 4.57 Å². The maximum Gasteiger partial charge on any atom is 0.0675 e. The van der Waals surface area contributed by atoms with Crippen LogP contribution in [0.2, 0.25) is 0 Å². The molecule has 2 aromatic rings. The van der Waals surface area contributed by atoms with Gasteiger partial charge in [0.2, 0.25) is 0 Å². The molecule has 2 aromatic heterocycles. The van der Waals surface area contributed by atoms with Gasteiger partial charge in [-0.2, -0.15) is 0 Å².